The second-order valence-corrected chi connectivity index (χ2v) is 4.79. The Labute approximate surface area is 120 Å². The first-order valence-electron chi connectivity index (χ1n) is 6.88. The molecule has 0 fully saturated rings. The highest BCUT2D eigenvalue weighted by atomic mass is 16.5. The van der Waals surface area contributed by atoms with Crippen LogP contribution < -0.4 is 4.74 Å². The van der Waals surface area contributed by atoms with E-state index in [0.29, 0.717) is 6.42 Å². The molecule has 0 saturated carbocycles. The molecule has 0 aliphatic heterocycles. The fourth-order valence-corrected chi connectivity index (χ4v) is 2.32. The van der Waals surface area contributed by atoms with Gasteiger partial charge >= 0.3 is 0 Å². The Hall–Kier alpha value is -2.27. The lowest BCUT2D eigenvalue weighted by Gasteiger charge is -2.13. The van der Waals surface area contributed by atoms with Gasteiger partial charge in [-0.1, -0.05) is 49.4 Å². The topological polar surface area (TPSA) is 33.0 Å². The molecule has 0 amide bonds. The van der Waals surface area contributed by atoms with E-state index in [9.17, 15) is 5.26 Å². The van der Waals surface area contributed by atoms with Crippen molar-refractivity contribution in [1.82, 2.24) is 0 Å². The molecule has 2 aromatic rings. The van der Waals surface area contributed by atoms with Crippen LogP contribution in [0.4, 0.5) is 0 Å². The Morgan fingerprint density at radius 2 is 1.80 bits per heavy atom. The molecule has 0 saturated heterocycles. The predicted octanol–water partition coefficient (Wildman–Crippen LogP) is 4.11. The van der Waals surface area contributed by atoms with Crippen LogP contribution in [0.2, 0.25) is 0 Å². The summed E-state index contributed by atoms with van der Waals surface area (Å²) < 4.78 is 5.35. The van der Waals surface area contributed by atoms with Crippen LogP contribution in [0.3, 0.4) is 0 Å². The molecular formula is C18H19NO. The molecule has 1 atom stereocenters. The van der Waals surface area contributed by atoms with Crippen LogP contribution in [-0.4, -0.2) is 7.11 Å². The average molecular weight is 265 g/mol. The van der Waals surface area contributed by atoms with Gasteiger partial charge in [0.15, 0.2) is 0 Å². The summed E-state index contributed by atoms with van der Waals surface area (Å²) in [5.41, 5.74) is 3.43. The lowest BCUT2D eigenvalue weighted by molar-refractivity contribution is 0.409. The van der Waals surface area contributed by atoms with Crippen LogP contribution in [0.1, 0.15) is 29.5 Å². The molecule has 2 heteroatoms. The normalized spacial score (nSPS) is 11.7. The summed E-state index contributed by atoms with van der Waals surface area (Å²) >= 11 is 0. The Kier molecular flexibility index (Phi) is 4.79. The standard InChI is InChI=1S/C18H19NO/c1-3-14-8-10-15(11-9-14)17(13-19)12-16-6-4-5-7-18(16)20-2/h4-11,17H,3,12H2,1-2H3. The Bertz CT molecular complexity index is 596. The predicted molar refractivity (Wildman–Crippen MR) is 80.9 cm³/mol. The van der Waals surface area contributed by atoms with Gasteiger partial charge in [0.1, 0.15) is 5.75 Å². The molecule has 0 N–H and O–H groups in total. The van der Waals surface area contributed by atoms with Crippen LogP contribution in [0.25, 0.3) is 0 Å². The minimum Gasteiger partial charge on any atom is -0.496 e. The van der Waals surface area contributed by atoms with Gasteiger partial charge in [0.2, 0.25) is 0 Å². The lowest BCUT2D eigenvalue weighted by Crippen LogP contribution is -2.02. The molecule has 0 heterocycles. The van der Waals surface area contributed by atoms with E-state index in [2.05, 4.69) is 37.3 Å². The Balaban J connectivity index is 2.22. The third-order valence-electron chi connectivity index (χ3n) is 3.56. The molecule has 2 aromatic carbocycles. The quantitative estimate of drug-likeness (QED) is 0.815. The zero-order chi connectivity index (χ0) is 14.4. The molecule has 102 valence electrons. The average Bonchev–Trinajstić information content (AvgIpc) is 2.53. The summed E-state index contributed by atoms with van der Waals surface area (Å²) in [4.78, 5) is 0. The third kappa shape index (κ3) is 3.19. The number of rotatable bonds is 5. The molecule has 2 nitrogen and oxygen atoms in total. The minimum absolute atomic E-state index is 0.141. The molecular weight excluding hydrogens is 246 g/mol. The number of benzene rings is 2. The molecule has 0 aliphatic rings. The van der Waals surface area contributed by atoms with E-state index in [1.165, 1.54) is 5.56 Å². The number of nitriles is 1. The van der Waals surface area contributed by atoms with Gasteiger partial charge in [-0.3, -0.25) is 0 Å². The fraction of sp³-hybridized carbons (Fsp3) is 0.278. The van der Waals surface area contributed by atoms with Crippen LogP contribution in [0.15, 0.2) is 48.5 Å². The molecule has 0 aromatic heterocycles. The molecule has 1 unspecified atom stereocenters. The van der Waals surface area contributed by atoms with Gasteiger partial charge in [0.25, 0.3) is 0 Å². The van der Waals surface area contributed by atoms with Gasteiger partial charge in [0.05, 0.1) is 19.1 Å². The highest BCUT2D eigenvalue weighted by Gasteiger charge is 2.14. The van der Waals surface area contributed by atoms with Crippen LogP contribution in [-0.2, 0) is 12.8 Å². The lowest BCUT2D eigenvalue weighted by atomic mass is 9.92. The first kappa shape index (κ1) is 14.1. The van der Waals surface area contributed by atoms with E-state index in [0.717, 1.165) is 23.3 Å². The smallest absolute Gasteiger partial charge is 0.122 e. The Morgan fingerprint density at radius 3 is 2.40 bits per heavy atom. The summed E-state index contributed by atoms with van der Waals surface area (Å²) in [6, 6.07) is 18.6. The molecule has 0 spiro atoms. The van der Waals surface area contributed by atoms with Crippen LogP contribution in [0.5, 0.6) is 5.75 Å². The van der Waals surface area contributed by atoms with E-state index < -0.39 is 0 Å². The van der Waals surface area contributed by atoms with Crippen LogP contribution >= 0.6 is 0 Å². The van der Waals surface area contributed by atoms with Crippen molar-refractivity contribution >= 4 is 0 Å². The summed E-state index contributed by atoms with van der Waals surface area (Å²) in [5, 5.41) is 9.44. The van der Waals surface area contributed by atoms with Gasteiger partial charge in [-0.05, 0) is 35.6 Å². The SMILES string of the molecule is CCc1ccc(C(C#N)Cc2ccccc2OC)cc1. The van der Waals surface area contributed by atoms with Gasteiger partial charge in [0, 0.05) is 0 Å². The van der Waals surface area contributed by atoms with E-state index in [-0.39, 0.29) is 5.92 Å². The highest BCUT2D eigenvalue weighted by molar-refractivity contribution is 5.37. The van der Waals surface area contributed by atoms with E-state index in [1.54, 1.807) is 7.11 Å². The number of para-hydroxylation sites is 1. The Morgan fingerprint density at radius 1 is 1.10 bits per heavy atom. The van der Waals surface area contributed by atoms with Crippen molar-refractivity contribution in [1.29, 1.82) is 5.26 Å². The molecule has 0 bridgehead atoms. The number of hydrogen-bond donors (Lipinski definition) is 0. The maximum Gasteiger partial charge on any atom is 0.122 e. The van der Waals surface area contributed by atoms with Crippen molar-refractivity contribution in [2.45, 2.75) is 25.7 Å². The maximum atomic E-state index is 9.44. The first-order valence-corrected chi connectivity index (χ1v) is 6.88. The maximum absolute atomic E-state index is 9.44. The number of methoxy groups -OCH3 is 1. The van der Waals surface area contributed by atoms with Crippen molar-refractivity contribution in [3.05, 3.63) is 65.2 Å². The summed E-state index contributed by atoms with van der Waals surface area (Å²) in [5.74, 6) is 0.704. The van der Waals surface area contributed by atoms with E-state index in [1.807, 2.05) is 24.3 Å². The molecule has 20 heavy (non-hydrogen) atoms. The third-order valence-corrected chi connectivity index (χ3v) is 3.56. The van der Waals surface area contributed by atoms with Gasteiger partial charge < -0.3 is 4.74 Å². The number of hydrogen-bond acceptors (Lipinski definition) is 2. The molecule has 0 aliphatic carbocycles. The fourth-order valence-electron chi connectivity index (χ4n) is 2.32. The first-order chi connectivity index (χ1) is 9.78. The molecule has 2 rings (SSSR count). The van der Waals surface area contributed by atoms with E-state index in [4.69, 9.17) is 4.74 Å². The van der Waals surface area contributed by atoms with Crippen molar-refractivity contribution < 1.29 is 4.74 Å². The molecule has 0 radical (unpaired) electrons. The van der Waals surface area contributed by atoms with E-state index >= 15 is 0 Å². The van der Waals surface area contributed by atoms with Gasteiger partial charge in [-0.25, -0.2) is 0 Å². The summed E-state index contributed by atoms with van der Waals surface area (Å²) in [6.45, 7) is 2.13. The summed E-state index contributed by atoms with van der Waals surface area (Å²) in [7, 11) is 1.66. The monoisotopic (exact) mass is 265 g/mol. The zero-order valence-corrected chi connectivity index (χ0v) is 12.0. The number of nitrogens with zero attached hydrogens (tertiary/aromatic N) is 1. The van der Waals surface area contributed by atoms with Crippen molar-refractivity contribution in [3.8, 4) is 11.8 Å². The highest BCUT2D eigenvalue weighted by Crippen LogP contribution is 2.26. The zero-order valence-electron chi connectivity index (χ0n) is 12.0. The second-order valence-electron chi connectivity index (χ2n) is 4.79. The summed E-state index contributed by atoms with van der Waals surface area (Å²) in [6.07, 6.45) is 1.69. The second kappa shape index (κ2) is 6.77. The van der Waals surface area contributed by atoms with Gasteiger partial charge in [-0.15, -0.1) is 0 Å². The van der Waals surface area contributed by atoms with Crippen molar-refractivity contribution in [2.24, 2.45) is 0 Å². The number of aryl methyl sites for hydroxylation is 1. The number of ether oxygens (including phenoxy) is 1. The largest absolute Gasteiger partial charge is 0.496 e. The van der Waals surface area contributed by atoms with Crippen LogP contribution in [0, 0.1) is 11.3 Å². The van der Waals surface area contributed by atoms with Crippen molar-refractivity contribution in [3.63, 3.8) is 0 Å². The minimum atomic E-state index is -0.141. The van der Waals surface area contributed by atoms with Crippen molar-refractivity contribution in [2.75, 3.05) is 7.11 Å². The van der Waals surface area contributed by atoms with Gasteiger partial charge in [-0.2, -0.15) is 5.26 Å².